The molecular formula is C22H28N2O2. The monoisotopic (exact) mass is 352 g/mol. The fourth-order valence-electron chi connectivity index (χ4n) is 4.02. The van der Waals surface area contributed by atoms with E-state index in [2.05, 4.69) is 60.5 Å². The highest BCUT2D eigenvalue weighted by Crippen LogP contribution is 2.35. The highest BCUT2D eigenvalue weighted by atomic mass is 16.6. The number of nitrogens with zero attached hydrogens (tertiary/aromatic N) is 1. The Bertz CT molecular complexity index is 760. The van der Waals surface area contributed by atoms with Crippen molar-refractivity contribution >= 4 is 0 Å². The number of rotatable bonds is 4. The summed E-state index contributed by atoms with van der Waals surface area (Å²) in [6, 6.07) is 15.4. The Morgan fingerprint density at radius 2 is 1.92 bits per heavy atom. The van der Waals surface area contributed by atoms with Gasteiger partial charge in [-0.1, -0.05) is 50.2 Å². The van der Waals surface area contributed by atoms with E-state index in [1.54, 1.807) is 0 Å². The van der Waals surface area contributed by atoms with Crippen LogP contribution in [0.15, 0.2) is 42.5 Å². The van der Waals surface area contributed by atoms with Gasteiger partial charge in [0, 0.05) is 37.8 Å². The van der Waals surface area contributed by atoms with Crippen molar-refractivity contribution in [3.05, 3.63) is 59.2 Å². The van der Waals surface area contributed by atoms with Crippen molar-refractivity contribution in [2.24, 2.45) is 0 Å². The molecule has 2 aromatic carbocycles. The largest absolute Gasteiger partial charge is 0.486 e. The summed E-state index contributed by atoms with van der Waals surface area (Å²) in [4.78, 5) is 2.52. The molecule has 0 aromatic heterocycles. The van der Waals surface area contributed by atoms with Gasteiger partial charge in [-0.15, -0.1) is 0 Å². The summed E-state index contributed by atoms with van der Waals surface area (Å²) in [5.41, 5.74) is 4.10. The van der Waals surface area contributed by atoms with Crippen molar-refractivity contribution in [2.45, 2.75) is 32.4 Å². The molecular weight excluding hydrogens is 324 g/mol. The highest BCUT2D eigenvalue weighted by Gasteiger charge is 2.25. The van der Waals surface area contributed by atoms with Crippen LogP contribution in [0.2, 0.25) is 0 Å². The summed E-state index contributed by atoms with van der Waals surface area (Å²) >= 11 is 0. The lowest BCUT2D eigenvalue weighted by atomic mass is 9.92. The Morgan fingerprint density at radius 3 is 2.81 bits per heavy atom. The van der Waals surface area contributed by atoms with E-state index in [9.17, 15) is 0 Å². The molecule has 4 nitrogen and oxygen atoms in total. The van der Waals surface area contributed by atoms with E-state index in [4.69, 9.17) is 9.47 Å². The number of benzene rings is 2. The van der Waals surface area contributed by atoms with Crippen LogP contribution in [-0.4, -0.2) is 37.7 Å². The van der Waals surface area contributed by atoms with Gasteiger partial charge in [0.25, 0.3) is 0 Å². The molecule has 0 radical (unpaired) electrons. The van der Waals surface area contributed by atoms with Gasteiger partial charge in [-0.3, -0.25) is 4.90 Å². The second kappa shape index (κ2) is 7.68. The fourth-order valence-corrected chi connectivity index (χ4v) is 4.02. The van der Waals surface area contributed by atoms with Crippen molar-refractivity contribution in [2.75, 3.05) is 32.8 Å². The summed E-state index contributed by atoms with van der Waals surface area (Å²) in [6.45, 7) is 9.77. The summed E-state index contributed by atoms with van der Waals surface area (Å²) in [6.07, 6.45) is 0. The smallest absolute Gasteiger partial charge is 0.165 e. The number of hydrogen-bond acceptors (Lipinski definition) is 4. The van der Waals surface area contributed by atoms with Crippen LogP contribution < -0.4 is 14.8 Å². The first kappa shape index (κ1) is 17.4. The van der Waals surface area contributed by atoms with Crippen LogP contribution in [0.5, 0.6) is 11.5 Å². The van der Waals surface area contributed by atoms with Crippen LogP contribution >= 0.6 is 0 Å². The lowest BCUT2D eigenvalue weighted by Gasteiger charge is -2.35. The molecule has 0 saturated carbocycles. The SMILES string of the molecule is CC(C)c1ccccc1[C@@H]1CN(Cc2cccc3c2OCCO3)CCN1. The van der Waals surface area contributed by atoms with Crippen LogP contribution in [0.4, 0.5) is 0 Å². The van der Waals surface area contributed by atoms with E-state index < -0.39 is 0 Å². The maximum Gasteiger partial charge on any atom is 0.165 e. The molecule has 1 atom stereocenters. The zero-order chi connectivity index (χ0) is 17.9. The zero-order valence-corrected chi connectivity index (χ0v) is 15.7. The van der Waals surface area contributed by atoms with Gasteiger partial charge in [0.2, 0.25) is 0 Å². The molecule has 0 aliphatic carbocycles. The normalized spacial score (nSPS) is 20.3. The first-order valence-electron chi connectivity index (χ1n) is 9.64. The fraction of sp³-hybridized carbons (Fsp3) is 0.455. The summed E-state index contributed by atoms with van der Waals surface area (Å²) in [5, 5.41) is 3.71. The highest BCUT2D eigenvalue weighted by molar-refractivity contribution is 5.47. The van der Waals surface area contributed by atoms with Gasteiger partial charge in [0.05, 0.1) is 0 Å². The second-order valence-electron chi connectivity index (χ2n) is 7.47. The van der Waals surface area contributed by atoms with Crippen LogP contribution in [0.25, 0.3) is 0 Å². The third-order valence-corrected chi connectivity index (χ3v) is 5.29. The van der Waals surface area contributed by atoms with Gasteiger partial charge >= 0.3 is 0 Å². The molecule has 0 bridgehead atoms. The Labute approximate surface area is 156 Å². The van der Waals surface area contributed by atoms with E-state index in [0.29, 0.717) is 25.2 Å². The number of fused-ring (bicyclic) bond motifs is 1. The number of nitrogens with one attached hydrogen (secondary N) is 1. The van der Waals surface area contributed by atoms with Crippen LogP contribution in [0, 0.1) is 0 Å². The first-order chi connectivity index (χ1) is 12.7. The third kappa shape index (κ3) is 3.57. The van der Waals surface area contributed by atoms with Crippen LogP contribution in [0.1, 0.15) is 42.5 Å². The lowest BCUT2D eigenvalue weighted by Crippen LogP contribution is -2.45. The van der Waals surface area contributed by atoms with Gasteiger partial charge in [0.15, 0.2) is 11.5 Å². The zero-order valence-electron chi connectivity index (χ0n) is 15.7. The lowest BCUT2D eigenvalue weighted by molar-refractivity contribution is 0.160. The number of ether oxygens (including phenoxy) is 2. The molecule has 1 saturated heterocycles. The Hall–Kier alpha value is -2.04. The molecule has 2 aromatic rings. The van der Waals surface area contributed by atoms with Gasteiger partial charge < -0.3 is 14.8 Å². The van der Waals surface area contributed by atoms with E-state index in [-0.39, 0.29) is 0 Å². The maximum absolute atomic E-state index is 5.89. The molecule has 0 unspecified atom stereocenters. The van der Waals surface area contributed by atoms with Gasteiger partial charge in [-0.2, -0.15) is 0 Å². The second-order valence-corrected chi connectivity index (χ2v) is 7.47. The summed E-state index contributed by atoms with van der Waals surface area (Å²) in [5.74, 6) is 2.34. The van der Waals surface area contributed by atoms with Crippen molar-refractivity contribution in [3.8, 4) is 11.5 Å². The Morgan fingerprint density at radius 1 is 1.08 bits per heavy atom. The molecule has 0 amide bonds. The van der Waals surface area contributed by atoms with Crippen molar-refractivity contribution in [1.82, 2.24) is 10.2 Å². The topological polar surface area (TPSA) is 33.7 Å². The number of para-hydroxylation sites is 1. The third-order valence-electron chi connectivity index (χ3n) is 5.29. The van der Waals surface area contributed by atoms with Gasteiger partial charge in [0.1, 0.15) is 13.2 Å². The van der Waals surface area contributed by atoms with E-state index >= 15 is 0 Å². The van der Waals surface area contributed by atoms with E-state index in [0.717, 1.165) is 37.7 Å². The van der Waals surface area contributed by atoms with Crippen LogP contribution in [0.3, 0.4) is 0 Å². The van der Waals surface area contributed by atoms with Crippen LogP contribution in [-0.2, 0) is 6.54 Å². The van der Waals surface area contributed by atoms with Crippen molar-refractivity contribution in [1.29, 1.82) is 0 Å². The molecule has 2 aliphatic rings. The molecule has 1 N–H and O–H groups in total. The first-order valence-corrected chi connectivity index (χ1v) is 9.64. The molecule has 138 valence electrons. The molecule has 2 heterocycles. The molecule has 4 rings (SSSR count). The standard InChI is InChI=1S/C22H28N2O2/c1-16(2)18-7-3-4-8-19(18)20-15-24(11-10-23-20)14-17-6-5-9-21-22(17)26-13-12-25-21/h3-9,16,20,23H,10-15H2,1-2H3/t20-/m0/s1. The predicted octanol–water partition coefficient (Wildman–Crippen LogP) is 3.73. The average Bonchev–Trinajstić information content (AvgIpc) is 2.68. The average molecular weight is 352 g/mol. The maximum atomic E-state index is 5.89. The molecule has 26 heavy (non-hydrogen) atoms. The van der Waals surface area contributed by atoms with E-state index in [1.165, 1.54) is 16.7 Å². The van der Waals surface area contributed by atoms with Gasteiger partial charge in [-0.05, 0) is 23.1 Å². The number of hydrogen-bond donors (Lipinski definition) is 1. The minimum absolute atomic E-state index is 0.374. The molecule has 1 fully saturated rings. The van der Waals surface area contributed by atoms with Gasteiger partial charge in [-0.25, -0.2) is 0 Å². The minimum atomic E-state index is 0.374. The van der Waals surface area contributed by atoms with Crippen molar-refractivity contribution in [3.63, 3.8) is 0 Å². The summed E-state index contributed by atoms with van der Waals surface area (Å²) < 4.78 is 11.6. The predicted molar refractivity (Wildman–Crippen MR) is 104 cm³/mol. The number of piperazine rings is 1. The molecule has 4 heteroatoms. The Balaban J connectivity index is 1.52. The van der Waals surface area contributed by atoms with E-state index in [1.807, 2.05) is 6.07 Å². The summed E-state index contributed by atoms with van der Waals surface area (Å²) in [7, 11) is 0. The molecule has 0 spiro atoms. The quantitative estimate of drug-likeness (QED) is 0.909. The minimum Gasteiger partial charge on any atom is -0.486 e. The van der Waals surface area contributed by atoms with Crippen molar-refractivity contribution < 1.29 is 9.47 Å². The Kier molecular flexibility index (Phi) is 5.14. The molecule has 2 aliphatic heterocycles.